The van der Waals surface area contributed by atoms with Crippen LogP contribution in [0.25, 0.3) is 0 Å². The number of hydrogen-bond donors (Lipinski definition) is 1. The minimum Gasteiger partial charge on any atom is -0.380 e. The molecule has 1 N–H and O–H groups in total. The van der Waals surface area contributed by atoms with Crippen molar-refractivity contribution in [2.75, 3.05) is 26.8 Å². The lowest BCUT2D eigenvalue weighted by molar-refractivity contribution is 0.120. The second-order valence-corrected chi connectivity index (χ2v) is 6.36. The number of likely N-dealkylation sites (N-methyl/N-ethyl adjacent to an activating group) is 1. The molecule has 0 aliphatic rings. The van der Waals surface area contributed by atoms with E-state index in [0.29, 0.717) is 0 Å². The van der Waals surface area contributed by atoms with E-state index in [0.717, 1.165) is 32.8 Å². The third-order valence-corrected chi connectivity index (χ3v) is 3.09. The third kappa shape index (κ3) is 7.63. The summed E-state index contributed by atoms with van der Waals surface area (Å²) in [6.07, 6.45) is 0. The molecular formula is C17H30N2O. The highest BCUT2D eigenvalue weighted by Gasteiger charge is 2.08. The summed E-state index contributed by atoms with van der Waals surface area (Å²) in [5.41, 5.74) is 2.86. The largest absolute Gasteiger partial charge is 0.380 e. The van der Waals surface area contributed by atoms with E-state index >= 15 is 0 Å². The Hall–Kier alpha value is -0.900. The minimum absolute atomic E-state index is 0.157. The highest BCUT2D eigenvalue weighted by Crippen LogP contribution is 2.09. The Morgan fingerprint density at radius 3 is 2.55 bits per heavy atom. The molecule has 3 heteroatoms. The summed E-state index contributed by atoms with van der Waals surface area (Å²) in [5.74, 6) is 0. The Labute approximate surface area is 124 Å². The zero-order valence-corrected chi connectivity index (χ0v) is 13.7. The first-order chi connectivity index (χ1) is 9.40. The lowest BCUT2D eigenvalue weighted by atomic mass is 10.1. The van der Waals surface area contributed by atoms with Crippen LogP contribution < -0.4 is 5.32 Å². The molecule has 1 aromatic rings. The number of ether oxygens (including phenoxy) is 1. The molecular weight excluding hydrogens is 248 g/mol. The summed E-state index contributed by atoms with van der Waals surface area (Å²) in [7, 11) is 2.14. The van der Waals surface area contributed by atoms with E-state index < -0.39 is 0 Å². The van der Waals surface area contributed by atoms with Crippen molar-refractivity contribution in [1.82, 2.24) is 10.2 Å². The van der Waals surface area contributed by atoms with Gasteiger partial charge in [0.25, 0.3) is 0 Å². The Kier molecular flexibility index (Phi) is 7.20. The molecule has 0 bridgehead atoms. The molecule has 0 fully saturated rings. The van der Waals surface area contributed by atoms with Gasteiger partial charge in [-0.3, -0.25) is 4.90 Å². The average molecular weight is 278 g/mol. The predicted molar refractivity (Wildman–Crippen MR) is 85.9 cm³/mol. The van der Waals surface area contributed by atoms with E-state index in [1.807, 2.05) is 6.92 Å². The smallest absolute Gasteiger partial charge is 0.0593 e. The van der Waals surface area contributed by atoms with Crippen LogP contribution in [-0.2, 0) is 17.8 Å². The number of benzene rings is 1. The lowest BCUT2D eigenvalue weighted by Gasteiger charge is -2.21. The monoisotopic (exact) mass is 278 g/mol. The summed E-state index contributed by atoms with van der Waals surface area (Å²) in [6.45, 7) is 13.1. The van der Waals surface area contributed by atoms with Crippen LogP contribution in [0.1, 0.15) is 38.8 Å². The van der Waals surface area contributed by atoms with Crippen molar-refractivity contribution in [2.24, 2.45) is 0 Å². The second kappa shape index (κ2) is 8.40. The van der Waals surface area contributed by atoms with E-state index in [9.17, 15) is 0 Å². The fraction of sp³-hybridized carbons (Fsp3) is 0.647. The van der Waals surface area contributed by atoms with E-state index in [2.05, 4.69) is 62.3 Å². The van der Waals surface area contributed by atoms with Crippen LogP contribution in [0.3, 0.4) is 0 Å². The first-order valence-electron chi connectivity index (χ1n) is 7.50. The quantitative estimate of drug-likeness (QED) is 0.740. The molecule has 0 saturated carbocycles. The predicted octanol–water partition coefficient (Wildman–Crippen LogP) is 3.04. The molecule has 3 nitrogen and oxygen atoms in total. The Morgan fingerprint density at radius 2 is 1.90 bits per heavy atom. The number of nitrogens with zero attached hydrogens (tertiary/aromatic N) is 1. The molecule has 0 heterocycles. The fourth-order valence-corrected chi connectivity index (χ4v) is 1.96. The van der Waals surface area contributed by atoms with E-state index in [-0.39, 0.29) is 5.54 Å². The Morgan fingerprint density at radius 1 is 1.20 bits per heavy atom. The van der Waals surface area contributed by atoms with Crippen LogP contribution in [0.2, 0.25) is 0 Å². The summed E-state index contributed by atoms with van der Waals surface area (Å²) in [4.78, 5) is 2.30. The number of nitrogens with one attached hydrogen (secondary N) is 1. The van der Waals surface area contributed by atoms with Crippen LogP contribution in [0.4, 0.5) is 0 Å². The topological polar surface area (TPSA) is 24.5 Å². The molecule has 0 spiro atoms. The molecule has 114 valence electrons. The molecule has 0 aliphatic heterocycles. The first-order valence-corrected chi connectivity index (χ1v) is 7.50. The van der Waals surface area contributed by atoms with Gasteiger partial charge in [-0.15, -0.1) is 0 Å². The minimum atomic E-state index is 0.157. The van der Waals surface area contributed by atoms with Gasteiger partial charge in [-0.2, -0.15) is 0 Å². The number of hydrogen-bond acceptors (Lipinski definition) is 3. The Bertz CT molecular complexity index is 385. The van der Waals surface area contributed by atoms with Crippen LogP contribution in [0, 0.1) is 0 Å². The van der Waals surface area contributed by atoms with Crippen molar-refractivity contribution in [3.63, 3.8) is 0 Å². The van der Waals surface area contributed by atoms with Gasteiger partial charge < -0.3 is 10.1 Å². The Balaban J connectivity index is 2.46. The summed E-state index contributed by atoms with van der Waals surface area (Å²) >= 11 is 0. The molecule has 0 amide bonds. The molecule has 0 aliphatic carbocycles. The van der Waals surface area contributed by atoms with E-state index in [1.165, 1.54) is 11.1 Å². The van der Waals surface area contributed by atoms with Crippen molar-refractivity contribution < 1.29 is 4.74 Å². The summed E-state index contributed by atoms with van der Waals surface area (Å²) in [6, 6.07) is 8.81. The van der Waals surface area contributed by atoms with Gasteiger partial charge >= 0.3 is 0 Å². The molecule has 1 rings (SSSR count). The van der Waals surface area contributed by atoms with Crippen molar-refractivity contribution in [3.8, 4) is 0 Å². The van der Waals surface area contributed by atoms with Crippen LogP contribution in [-0.4, -0.2) is 37.2 Å². The van der Waals surface area contributed by atoms with E-state index in [4.69, 9.17) is 4.74 Å². The van der Waals surface area contributed by atoms with Gasteiger partial charge in [-0.25, -0.2) is 0 Å². The van der Waals surface area contributed by atoms with Crippen molar-refractivity contribution >= 4 is 0 Å². The molecule has 0 saturated heterocycles. The first kappa shape index (κ1) is 17.2. The van der Waals surface area contributed by atoms with Gasteiger partial charge in [0.15, 0.2) is 0 Å². The second-order valence-electron chi connectivity index (χ2n) is 6.36. The normalized spacial score (nSPS) is 12.1. The molecule has 0 radical (unpaired) electrons. The zero-order valence-electron chi connectivity index (χ0n) is 13.7. The lowest BCUT2D eigenvalue weighted by Crippen LogP contribution is -2.35. The van der Waals surface area contributed by atoms with Crippen molar-refractivity contribution in [1.29, 1.82) is 0 Å². The van der Waals surface area contributed by atoms with Gasteiger partial charge in [0.05, 0.1) is 6.61 Å². The maximum atomic E-state index is 5.39. The molecule has 1 aromatic carbocycles. The zero-order chi connectivity index (χ0) is 15.0. The summed E-state index contributed by atoms with van der Waals surface area (Å²) in [5, 5.41) is 3.53. The third-order valence-electron chi connectivity index (χ3n) is 3.09. The SMILES string of the molecule is CCOCCN(C)Cc1cccc(CNC(C)(C)C)c1. The molecule has 20 heavy (non-hydrogen) atoms. The number of rotatable bonds is 8. The van der Waals surface area contributed by atoms with E-state index in [1.54, 1.807) is 0 Å². The van der Waals surface area contributed by atoms with Crippen LogP contribution in [0.5, 0.6) is 0 Å². The van der Waals surface area contributed by atoms with Gasteiger partial charge in [0, 0.05) is 31.8 Å². The van der Waals surface area contributed by atoms with Crippen molar-refractivity contribution in [3.05, 3.63) is 35.4 Å². The highest BCUT2D eigenvalue weighted by molar-refractivity contribution is 5.23. The molecule has 0 unspecified atom stereocenters. The molecule has 0 atom stereocenters. The van der Waals surface area contributed by atoms with Gasteiger partial charge in [0.2, 0.25) is 0 Å². The van der Waals surface area contributed by atoms with Crippen LogP contribution in [0.15, 0.2) is 24.3 Å². The average Bonchev–Trinajstić information content (AvgIpc) is 2.36. The van der Waals surface area contributed by atoms with Crippen LogP contribution >= 0.6 is 0 Å². The van der Waals surface area contributed by atoms with Gasteiger partial charge in [0.1, 0.15) is 0 Å². The maximum Gasteiger partial charge on any atom is 0.0593 e. The maximum absolute atomic E-state index is 5.39. The van der Waals surface area contributed by atoms with Crippen molar-refractivity contribution in [2.45, 2.75) is 46.3 Å². The fourth-order valence-electron chi connectivity index (χ4n) is 1.96. The summed E-state index contributed by atoms with van der Waals surface area (Å²) < 4.78 is 5.39. The van der Waals surface area contributed by atoms with Gasteiger partial charge in [-0.05, 0) is 45.9 Å². The molecule has 0 aromatic heterocycles. The highest BCUT2D eigenvalue weighted by atomic mass is 16.5. The van der Waals surface area contributed by atoms with Gasteiger partial charge in [-0.1, -0.05) is 24.3 Å². The standard InChI is InChI=1S/C17H30N2O/c1-6-20-11-10-19(5)14-16-9-7-8-15(12-16)13-18-17(2,3)4/h7-9,12,18H,6,10-11,13-14H2,1-5H3.